The predicted octanol–water partition coefficient (Wildman–Crippen LogP) is 0.771. The maximum atomic E-state index is 13.0. The summed E-state index contributed by atoms with van der Waals surface area (Å²) in [6.07, 6.45) is -0.574. The van der Waals surface area contributed by atoms with E-state index in [1.54, 1.807) is 12.1 Å². The molecule has 0 saturated carbocycles. The zero-order chi connectivity index (χ0) is 18.6. The van der Waals surface area contributed by atoms with Crippen LogP contribution >= 0.6 is 0 Å². The molecule has 2 aromatic rings. The van der Waals surface area contributed by atoms with Gasteiger partial charge in [0.25, 0.3) is 0 Å². The maximum absolute atomic E-state index is 13.0. The maximum Gasteiger partial charge on any atom is 0.137 e. The summed E-state index contributed by atoms with van der Waals surface area (Å²) in [5.41, 5.74) is 4.43. The molecule has 0 saturated heterocycles. The number of nitrogens with zero attached hydrogens (tertiary/aromatic N) is 1. The van der Waals surface area contributed by atoms with Crippen molar-refractivity contribution in [3.63, 3.8) is 0 Å². The van der Waals surface area contributed by atoms with Crippen LogP contribution in [0.15, 0.2) is 36.4 Å². The van der Waals surface area contributed by atoms with Gasteiger partial charge < -0.3 is 26.7 Å². The van der Waals surface area contributed by atoms with Gasteiger partial charge in [-0.2, -0.15) is 0 Å². The first-order valence-electron chi connectivity index (χ1n) is 8.61. The third-order valence-corrected chi connectivity index (χ3v) is 4.25. The average molecular weight is 382 g/mol. The zero-order valence-electron chi connectivity index (χ0n) is 16.2. The summed E-state index contributed by atoms with van der Waals surface area (Å²) < 4.78 is 19.5. The van der Waals surface area contributed by atoms with Crippen molar-refractivity contribution in [2.75, 3.05) is 27.2 Å². The molecule has 26 heavy (non-hydrogen) atoms. The third kappa shape index (κ3) is 6.60. The number of aliphatic hydroxyl groups excluding tert-OH is 1. The smallest absolute Gasteiger partial charge is 0.137 e. The van der Waals surface area contributed by atoms with Crippen LogP contribution in [-0.4, -0.2) is 42.9 Å². The van der Waals surface area contributed by atoms with Crippen molar-refractivity contribution in [1.29, 1.82) is 0 Å². The van der Waals surface area contributed by atoms with Crippen molar-refractivity contribution < 1.29 is 31.1 Å². The van der Waals surface area contributed by atoms with Gasteiger partial charge in [-0.25, -0.2) is 4.39 Å². The number of aliphatic hydroxyl groups is 1. The molecule has 0 bridgehead atoms. The largest absolute Gasteiger partial charge is 1.00 e. The number of aryl methyl sites for hydroxylation is 3. The molecule has 0 aliphatic rings. The van der Waals surface area contributed by atoms with Crippen LogP contribution in [-0.2, 0) is 6.54 Å². The summed E-state index contributed by atoms with van der Waals surface area (Å²) in [5, 5.41) is 10.4. The topological polar surface area (TPSA) is 29.5 Å². The fourth-order valence-electron chi connectivity index (χ4n) is 3.35. The number of hydrogen-bond donors (Lipinski definition) is 1. The summed E-state index contributed by atoms with van der Waals surface area (Å²) >= 11 is 0. The molecule has 0 aromatic heterocycles. The van der Waals surface area contributed by atoms with Crippen LogP contribution in [0.3, 0.4) is 0 Å². The Kier molecular flexibility index (Phi) is 8.07. The van der Waals surface area contributed by atoms with Gasteiger partial charge >= 0.3 is 0 Å². The molecule has 0 fully saturated rings. The highest BCUT2D eigenvalue weighted by atomic mass is 35.5. The third-order valence-electron chi connectivity index (χ3n) is 4.25. The summed E-state index contributed by atoms with van der Waals surface area (Å²) in [5.74, 6) is 0.625. The molecule has 1 atom stereocenters. The number of quaternary nitrogens is 1. The van der Waals surface area contributed by atoms with Crippen LogP contribution < -0.4 is 17.1 Å². The number of hydrogen-bond acceptors (Lipinski definition) is 2. The normalized spacial score (nSPS) is 12.4. The van der Waals surface area contributed by atoms with Crippen LogP contribution in [0.2, 0.25) is 0 Å². The van der Waals surface area contributed by atoms with Gasteiger partial charge in [0.2, 0.25) is 0 Å². The minimum Gasteiger partial charge on any atom is -1.00 e. The van der Waals surface area contributed by atoms with E-state index in [9.17, 15) is 9.50 Å². The number of halogens is 2. The van der Waals surface area contributed by atoms with E-state index in [1.807, 2.05) is 13.8 Å². The molecule has 0 amide bonds. The number of benzene rings is 2. The lowest BCUT2D eigenvalue weighted by molar-refractivity contribution is -0.906. The van der Waals surface area contributed by atoms with E-state index in [0.29, 0.717) is 11.0 Å². The first-order valence-corrected chi connectivity index (χ1v) is 8.61. The van der Waals surface area contributed by atoms with E-state index in [-0.39, 0.29) is 24.8 Å². The number of ether oxygens (including phenoxy) is 1. The van der Waals surface area contributed by atoms with Gasteiger partial charge in [-0.15, -0.1) is 0 Å². The van der Waals surface area contributed by atoms with E-state index >= 15 is 0 Å². The Morgan fingerprint density at radius 2 is 1.58 bits per heavy atom. The minimum atomic E-state index is -0.574. The Hall–Kier alpha value is -1.62. The molecule has 0 heterocycles. The van der Waals surface area contributed by atoms with E-state index < -0.39 is 6.10 Å². The van der Waals surface area contributed by atoms with Gasteiger partial charge in [0.15, 0.2) is 0 Å². The van der Waals surface area contributed by atoms with Crippen molar-refractivity contribution in [3.8, 4) is 5.75 Å². The first-order chi connectivity index (χ1) is 11.7. The molecule has 5 heteroatoms. The van der Waals surface area contributed by atoms with Crippen molar-refractivity contribution in [2.24, 2.45) is 0 Å². The van der Waals surface area contributed by atoms with E-state index in [0.717, 1.165) is 29.0 Å². The molecule has 0 aliphatic carbocycles. The monoisotopic (exact) mass is 381 g/mol. The van der Waals surface area contributed by atoms with E-state index in [2.05, 4.69) is 33.2 Å². The van der Waals surface area contributed by atoms with Crippen LogP contribution in [0.1, 0.15) is 22.3 Å². The van der Waals surface area contributed by atoms with E-state index in [4.69, 9.17) is 4.74 Å². The molecule has 3 nitrogen and oxygen atoms in total. The second-order valence-corrected chi connectivity index (χ2v) is 7.60. The van der Waals surface area contributed by atoms with E-state index in [1.165, 1.54) is 17.7 Å². The molecule has 0 spiro atoms. The SMILES string of the molecule is Cc1cc(C)c(OCC(O)C[N+](C)(C)Cc2ccc(F)cc2)c(C)c1.[Cl-]. The summed E-state index contributed by atoms with van der Waals surface area (Å²) in [6.45, 7) is 7.65. The molecule has 1 N–H and O–H groups in total. The van der Waals surface area contributed by atoms with Crippen molar-refractivity contribution in [1.82, 2.24) is 0 Å². The Balaban J connectivity index is 0.00000338. The lowest BCUT2D eigenvalue weighted by Gasteiger charge is -2.32. The molecular formula is C21H29ClFNO2. The Bertz CT molecular complexity index is 693. The summed E-state index contributed by atoms with van der Waals surface area (Å²) in [4.78, 5) is 0. The molecule has 144 valence electrons. The molecule has 2 aromatic carbocycles. The number of likely N-dealkylation sites (N-methyl/N-ethyl adjacent to an activating group) is 1. The molecule has 2 rings (SSSR count). The van der Waals surface area contributed by atoms with Gasteiger partial charge in [-0.05, 0) is 44.0 Å². The Morgan fingerprint density at radius 3 is 2.12 bits per heavy atom. The van der Waals surface area contributed by atoms with Gasteiger partial charge in [0, 0.05) is 5.56 Å². The fraction of sp³-hybridized carbons (Fsp3) is 0.429. The van der Waals surface area contributed by atoms with Crippen molar-refractivity contribution >= 4 is 0 Å². The minimum absolute atomic E-state index is 0. The first kappa shape index (κ1) is 22.4. The summed E-state index contributed by atoms with van der Waals surface area (Å²) in [7, 11) is 4.10. The highest BCUT2D eigenvalue weighted by Gasteiger charge is 2.22. The van der Waals surface area contributed by atoms with Crippen LogP contribution in [0.5, 0.6) is 5.75 Å². The molecule has 0 radical (unpaired) electrons. The Morgan fingerprint density at radius 1 is 1.04 bits per heavy atom. The average Bonchev–Trinajstić information content (AvgIpc) is 2.47. The number of rotatable bonds is 7. The van der Waals surface area contributed by atoms with Gasteiger partial charge in [-0.3, -0.25) is 0 Å². The Labute approximate surface area is 162 Å². The molecule has 0 aliphatic heterocycles. The van der Waals surface area contributed by atoms with Crippen LogP contribution in [0.25, 0.3) is 0 Å². The van der Waals surface area contributed by atoms with Gasteiger partial charge in [0.05, 0.1) is 14.1 Å². The second-order valence-electron chi connectivity index (χ2n) is 7.60. The van der Waals surface area contributed by atoms with Crippen LogP contribution in [0.4, 0.5) is 4.39 Å². The zero-order valence-corrected chi connectivity index (χ0v) is 17.0. The standard InChI is InChI=1S/C21H29FNO2.ClH/c1-15-10-16(2)21(17(3)11-15)25-14-20(24)13-23(4,5)12-18-6-8-19(22)9-7-18;/h6-11,20,24H,12-14H2,1-5H3;1H/q+1;/p-1. The quantitative estimate of drug-likeness (QED) is 0.718. The second kappa shape index (κ2) is 9.36. The van der Waals surface area contributed by atoms with Gasteiger partial charge in [-0.1, -0.05) is 29.8 Å². The van der Waals surface area contributed by atoms with Crippen molar-refractivity contribution in [2.45, 2.75) is 33.4 Å². The fourth-order valence-corrected chi connectivity index (χ4v) is 3.35. The van der Waals surface area contributed by atoms with Crippen LogP contribution in [0, 0.1) is 26.6 Å². The molecular weight excluding hydrogens is 353 g/mol. The lowest BCUT2D eigenvalue weighted by atomic mass is 10.1. The van der Waals surface area contributed by atoms with Crippen molar-refractivity contribution in [3.05, 3.63) is 64.5 Å². The summed E-state index contributed by atoms with van der Waals surface area (Å²) in [6, 6.07) is 10.7. The molecule has 1 unspecified atom stereocenters. The van der Waals surface area contributed by atoms with Gasteiger partial charge in [0.1, 0.15) is 37.4 Å². The lowest BCUT2D eigenvalue weighted by Crippen LogP contribution is -3.00. The highest BCUT2D eigenvalue weighted by Crippen LogP contribution is 2.24. The predicted molar refractivity (Wildman–Crippen MR) is 99.2 cm³/mol. The highest BCUT2D eigenvalue weighted by molar-refractivity contribution is 5.42.